The van der Waals surface area contributed by atoms with Crippen molar-refractivity contribution >= 4 is 11.9 Å². The normalized spacial score (nSPS) is 12.6. The molecular formula is C72H139NO5. The van der Waals surface area contributed by atoms with E-state index >= 15 is 0 Å². The number of rotatable bonds is 67. The van der Waals surface area contributed by atoms with E-state index in [0.29, 0.717) is 19.4 Å². The molecule has 0 saturated carbocycles. The molecule has 0 aromatic carbocycles. The average molecular weight is 1100 g/mol. The zero-order chi connectivity index (χ0) is 56.4. The molecule has 0 spiro atoms. The summed E-state index contributed by atoms with van der Waals surface area (Å²) < 4.78 is 5.48. The fourth-order valence-corrected chi connectivity index (χ4v) is 11.3. The predicted molar refractivity (Wildman–Crippen MR) is 343 cm³/mol. The number of nitrogens with one attached hydrogen (secondary N) is 1. The van der Waals surface area contributed by atoms with Crippen LogP contribution < -0.4 is 5.32 Å². The average Bonchev–Trinajstić information content (AvgIpc) is 3.44. The predicted octanol–water partition coefficient (Wildman–Crippen LogP) is 22.9. The van der Waals surface area contributed by atoms with E-state index in [1.165, 1.54) is 327 Å². The van der Waals surface area contributed by atoms with Crippen molar-refractivity contribution in [1.82, 2.24) is 5.32 Å². The van der Waals surface area contributed by atoms with Gasteiger partial charge in [-0.15, -0.1) is 0 Å². The Labute approximate surface area is 488 Å². The van der Waals surface area contributed by atoms with Crippen LogP contribution in [-0.4, -0.2) is 47.4 Å². The summed E-state index contributed by atoms with van der Waals surface area (Å²) >= 11 is 0. The van der Waals surface area contributed by atoms with Crippen LogP contribution >= 0.6 is 0 Å². The Balaban J connectivity index is 3.31. The topological polar surface area (TPSA) is 95.9 Å². The summed E-state index contributed by atoms with van der Waals surface area (Å²) in [5.74, 6) is -0.0479. The lowest BCUT2D eigenvalue weighted by Gasteiger charge is -2.20. The first-order valence-corrected chi connectivity index (χ1v) is 35.6. The summed E-state index contributed by atoms with van der Waals surface area (Å²) in [6.45, 7) is 4.91. The van der Waals surface area contributed by atoms with E-state index in [0.717, 1.165) is 44.9 Å². The van der Waals surface area contributed by atoms with E-state index in [-0.39, 0.29) is 18.5 Å². The maximum Gasteiger partial charge on any atom is 0.305 e. The molecular weight excluding hydrogens is 959 g/mol. The molecule has 0 heterocycles. The smallest absolute Gasteiger partial charge is 0.305 e. The molecule has 0 radical (unpaired) electrons. The van der Waals surface area contributed by atoms with Crippen LogP contribution in [-0.2, 0) is 14.3 Å². The number of carbonyl (C=O) groups is 2. The van der Waals surface area contributed by atoms with E-state index in [1.807, 2.05) is 6.08 Å². The Kier molecular flexibility index (Phi) is 66.4. The molecule has 2 atom stereocenters. The molecule has 0 aliphatic heterocycles. The Morgan fingerprint density at radius 1 is 0.346 bits per heavy atom. The van der Waals surface area contributed by atoms with Crippen molar-refractivity contribution in [3.63, 3.8) is 0 Å². The lowest BCUT2D eigenvalue weighted by molar-refractivity contribution is -0.143. The molecule has 0 bridgehead atoms. The van der Waals surface area contributed by atoms with Gasteiger partial charge in [0.15, 0.2) is 0 Å². The molecule has 78 heavy (non-hydrogen) atoms. The van der Waals surface area contributed by atoms with Gasteiger partial charge in [0.25, 0.3) is 0 Å². The van der Waals surface area contributed by atoms with Crippen molar-refractivity contribution in [2.45, 2.75) is 411 Å². The van der Waals surface area contributed by atoms with Crippen LogP contribution in [0.5, 0.6) is 0 Å². The van der Waals surface area contributed by atoms with Crippen LogP contribution in [0.2, 0.25) is 0 Å². The molecule has 6 heteroatoms. The maximum atomic E-state index is 12.5. The van der Waals surface area contributed by atoms with Gasteiger partial charge in [0.1, 0.15) is 0 Å². The van der Waals surface area contributed by atoms with Gasteiger partial charge in [0, 0.05) is 12.8 Å². The van der Waals surface area contributed by atoms with E-state index < -0.39 is 12.1 Å². The number of allylic oxidation sites excluding steroid dienone is 3. The van der Waals surface area contributed by atoms with Crippen LogP contribution in [0, 0.1) is 0 Å². The third-order valence-corrected chi connectivity index (χ3v) is 16.7. The fourth-order valence-electron chi connectivity index (χ4n) is 11.3. The SMILES string of the molecule is CCCCC/C=C\CCCCCCCC(=O)OCCCCCCCCCCCCCCCCCCCCCCCCCCCCCCCCCCCCCC(=O)NC(CO)C(O)/C=C/CCCCCCCCCCCCCC. The van der Waals surface area contributed by atoms with E-state index in [9.17, 15) is 19.8 Å². The van der Waals surface area contributed by atoms with Crippen molar-refractivity contribution in [2.75, 3.05) is 13.2 Å². The highest BCUT2D eigenvalue weighted by Gasteiger charge is 2.18. The van der Waals surface area contributed by atoms with Gasteiger partial charge in [-0.05, 0) is 57.8 Å². The van der Waals surface area contributed by atoms with Crippen LogP contribution in [0.4, 0.5) is 0 Å². The van der Waals surface area contributed by atoms with Crippen LogP contribution in [0.15, 0.2) is 24.3 Å². The zero-order valence-electron chi connectivity index (χ0n) is 52.9. The number of carbonyl (C=O) groups excluding carboxylic acids is 2. The molecule has 0 rings (SSSR count). The third-order valence-electron chi connectivity index (χ3n) is 16.7. The number of esters is 1. The molecule has 1 amide bonds. The van der Waals surface area contributed by atoms with Gasteiger partial charge in [-0.3, -0.25) is 9.59 Å². The molecule has 6 nitrogen and oxygen atoms in total. The van der Waals surface area contributed by atoms with Gasteiger partial charge >= 0.3 is 5.97 Å². The molecule has 0 aliphatic carbocycles. The quantitative estimate of drug-likeness (QED) is 0.0320. The Morgan fingerprint density at radius 2 is 0.603 bits per heavy atom. The lowest BCUT2D eigenvalue weighted by atomic mass is 10.0. The van der Waals surface area contributed by atoms with Crippen LogP contribution in [0.25, 0.3) is 0 Å². The van der Waals surface area contributed by atoms with Gasteiger partial charge < -0.3 is 20.3 Å². The van der Waals surface area contributed by atoms with Crippen molar-refractivity contribution in [3.05, 3.63) is 24.3 Å². The number of ether oxygens (including phenoxy) is 1. The monoisotopic (exact) mass is 1100 g/mol. The summed E-state index contributed by atoms with van der Waals surface area (Å²) in [5, 5.41) is 23.1. The number of aliphatic hydroxyl groups is 2. The highest BCUT2D eigenvalue weighted by atomic mass is 16.5. The Hall–Kier alpha value is -1.66. The van der Waals surface area contributed by atoms with Crippen LogP contribution in [0.1, 0.15) is 399 Å². The van der Waals surface area contributed by atoms with Crippen molar-refractivity contribution < 1.29 is 24.5 Å². The number of hydrogen-bond acceptors (Lipinski definition) is 5. The minimum atomic E-state index is -0.840. The molecule has 0 aliphatic rings. The fraction of sp³-hybridized carbons (Fsp3) is 0.917. The molecule has 2 unspecified atom stereocenters. The Bertz CT molecular complexity index is 1220. The molecule has 0 saturated heterocycles. The zero-order valence-corrected chi connectivity index (χ0v) is 52.9. The number of aliphatic hydroxyl groups excluding tert-OH is 2. The molecule has 3 N–H and O–H groups in total. The molecule has 462 valence electrons. The minimum absolute atomic E-state index is 0.0126. The lowest BCUT2D eigenvalue weighted by Crippen LogP contribution is -2.45. The van der Waals surface area contributed by atoms with Gasteiger partial charge in [-0.2, -0.15) is 0 Å². The summed E-state index contributed by atoms with van der Waals surface area (Å²) in [6, 6.07) is -0.623. The van der Waals surface area contributed by atoms with Gasteiger partial charge in [0.05, 0.1) is 25.4 Å². The molecule has 0 aromatic rings. The summed E-state index contributed by atoms with van der Waals surface area (Å²) in [7, 11) is 0. The van der Waals surface area contributed by atoms with Gasteiger partial charge in [-0.25, -0.2) is 0 Å². The molecule has 0 fully saturated rings. The second-order valence-electron chi connectivity index (χ2n) is 24.6. The first-order chi connectivity index (χ1) is 38.5. The number of unbranched alkanes of at least 4 members (excludes halogenated alkanes) is 54. The van der Waals surface area contributed by atoms with E-state index in [1.54, 1.807) is 6.08 Å². The third kappa shape index (κ3) is 63.5. The second kappa shape index (κ2) is 67.8. The first-order valence-electron chi connectivity index (χ1n) is 35.6. The number of hydrogen-bond donors (Lipinski definition) is 3. The second-order valence-corrected chi connectivity index (χ2v) is 24.6. The number of amides is 1. The van der Waals surface area contributed by atoms with Crippen LogP contribution in [0.3, 0.4) is 0 Å². The first kappa shape index (κ1) is 76.3. The van der Waals surface area contributed by atoms with Crippen molar-refractivity contribution in [3.8, 4) is 0 Å². The van der Waals surface area contributed by atoms with Crippen molar-refractivity contribution in [2.24, 2.45) is 0 Å². The standard InChI is InChI=1S/C72H139NO5/c1-3-5-7-9-11-13-15-17-41-44-48-52-56-60-64-70(75)69(68-74)73-71(76)65-61-57-53-49-45-42-39-37-35-33-31-29-27-25-23-21-19-18-20-22-24-26-28-30-32-34-36-38-40-43-47-51-55-59-63-67-78-72(77)66-62-58-54-50-46-16-14-12-10-8-6-4-2/h12,14,60,64,69-70,74-75H,3-11,13,15-59,61-63,65-68H2,1-2H3,(H,73,76)/b14-12-,64-60+. The minimum Gasteiger partial charge on any atom is -0.466 e. The summed E-state index contributed by atoms with van der Waals surface area (Å²) in [6.07, 6.45) is 85.6. The highest BCUT2D eigenvalue weighted by molar-refractivity contribution is 5.76. The van der Waals surface area contributed by atoms with Crippen molar-refractivity contribution in [1.29, 1.82) is 0 Å². The van der Waals surface area contributed by atoms with E-state index in [4.69, 9.17) is 4.74 Å². The van der Waals surface area contributed by atoms with Gasteiger partial charge in [-0.1, -0.05) is 353 Å². The highest BCUT2D eigenvalue weighted by Crippen LogP contribution is 2.19. The largest absolute Gasteiger partial charge is 0.466 e. The maximum absolute atomic E-state index is 12.5. The molecule has 0 aromatic heterocycles. The van der Waals surface area contributed by atoms with E-state index in [2.05, 4.69) is 31.3 Å². The summed E-state index contributed by atoms with van der Waals surface area (Å²) in [4.78, 5) is 24.5. The Morgan fingerprint density at radius 3 is 0.936 bits per heavy atom. The van der Waals surface area contributed by atoms with Gasteiger partial charge in [0.2, 0.25) is 5.91 Å². The summed E-state index contributed by atoms with van der Waals surface area (Å²) in [5.41, 5.74) is 0.